The molecule has 0 saturated carbocycles. The quantitative estimate of drug-likeness (QED) is 0.594. The Bertz CT molecular complexity index is 954. The fourth-order valence-corrected chi connectivity index (χ4v) is 3.13. The zero-order chi connectivity index (χ0) is 20.6. The van der Waals surface area contributed by atoms with Gasteiger partial charge in [0, 0.05) is 55.8 Å². The van der Waals surface area contributed by atoms with Gasteiger partial charge < -0.3 is 15.5 Å². The third-order valence-corrected chi connectivity index (χ3v) is 4.83. The molecule has 0 atom stereocenters. The van der Waals surface area contributed by atoms with E-state index in [1.807, 2.05) is 37.3 Å². The first-order chi connectivity index (χ1) is 14.1. The van der Waals surface area contributed by atoms with Gasteiger partial charge in [-0.25, -0.2) is 0 Å². The summed E-state index contributed by atoms with van der Waals surface area (Å²) in [6.45, 7) is 8.82. The van der Waals surface area contributed by atoms with Crippen molar-refractivity contribution in [3.63, 3.8) is 0 Å². The van der Waals surface area contributed by atoms with Crippen LogP contribution < -0.4 is 15.5 Å². The number of anilines is 3. The van der Waals surface area contributed by atoms with Crippen molar-refractivity contribution in [2.24, 2.45) is 0 Å². The average molecular weight is 390 g/mol. The van der Waals surface area contributed by atoms with Crippen LogP contribution in [0.5, 0.6) is 0 Å². The standard InChI is InChI=1S/C23H27N5O/c1-4-28(5-2)21-6-7-22(17(3)12-21)27-23(29)19-13-20(16-25-15-19)26-14-18-8-10-24-11-9-18/h6-13,15-16,26H,4-5,14H2,1-3H3,(H,27,29). The Morgan fingerprint density at radius 3 is 2.45 bits per heavy atom. The summed E-state index contributed by atoms with van der Waals surface area (Å²) in [5.74, 6) is -0.177. The van der Waals surface area contributed by atoms with Crippen molar-refractivity contribution in [2.75, 3.05) is 28.6 Å². The summed E-state index contributed by atoms with van der Waals surface area (Å²) in [4.78, 5) is 23.2. The number of aryl methyl sites for hydroxylation is 1. The van der Waals surface area contributed by atoms with Crippen molar-refractivity contribution in [2.45, 2.75) is 27.3 Å². The molecule has 6 nitrogen and oxygen atoms in total. The summed E-state index contributed by atoms with van der Waals surface area (Å²) >= 11 is 0. The van der Waals surface area contributed by atoms with Gasteiger partial charge in [0.05, 0.1) is 11.3 Å². The van der Waals surface area contributed by atoms with Crippen molar-refractivity contribution >= 4 is 23.0 Å². The van der Waals surface area contributed by atoms with Gasteiger partial charge in [-0.1, -0.05) is 0 Å². The molecule has 0 bridgehead atoms. The maximum Gasteiger partial charge on any atom is 0.257 e. The van der Waals surface area contributed by atoms with Crippen LogP contribution in [-0.2, 0) is 6.54 Å². The zero-order valence-corrected chi connectivity index (χ0v) is 17.1. The lowest BCUT2D eigenvalue weighted by molar-refractivity contribution is 0.102. The van der Waals surface area contributed by atoms with E-state index < -0.39 is 0 Å². The van der Waals surface area contributed by atoms with E-state index in [4.69, 9.17) is 0 Å². The molecule has 1 amide bonds. The fourth-order valence-electron chi connectivity index (χ4n) is 3.13. The zero-order valence-electron chi connectivity index (χ0n) is 17.1. The van der Waals surface area contributed by atoms with Gasteiger partial charge >= 0.3 is 0 Å². The van der Waals surface area contributed by atoms with Gasteiger partial charge in [-0.2, -0.15) is 0 Å². The van der Waals surface area contributed by atoms with E-state index in [1.54, 1.807) is 24.8 Å². The average Bonchev–Trinajstić information content (AvgIpc) is 2.76. The number of nitrogens with zero attached hydrogens (tertiary/aromatic N) is 3. The van der Waals surface area contributed by atoms with E-state index in [9.17, 15) is 4.79 Å². The molecule has 2 N–H and O–H groups in total. The smallest absolute Gasteiger partial charge is 0.257 e. The summed E-state index contributed by atoms with van der Waals surface area (Å²) < 4.78 is 0. The molecule has 29 heavy (non-hydrogen) atoms. The Morgan fingerprint density at radius 1 is 1.00 bits per heavy atom. The van der Waals surface area contributed by atoms with Crippen molar-refractivity contribution in [3.8, 4) is 0 Å². The SMILES string of the molecule is CCN(CC)c1ccc(NC(=O)c2cncc(NCc3ccncc3)c2)c(C)c1. The lowest BCUT2D eigenvalue weighted by Crippen LogP contribution is -2.22. The van der Waals surface area contributed by atoms with Gasteiger partial charge in [-0.3, -0.25) is 14.8 Å². The van der Waals surface area contributed by atoms with Crippen LogP contribution in [0.25, 0.3) is 0 Å². The summed E-state index contributed by atoms with van der Waals surface area (Å²) in [6, 6.07) is 11.8. The lowest BCUT2D eigenvalue weighted by Gasteiger charge is -2.22. The Hall–Kier alpha value is -3.41. The molecule has 0 spiro atoms. The number of carbonyl (C=O) groups is 1. The van der Waals surface area contributed by atoms with Crippen LogP contribution in [0, 0.1) is 6.92 Å². The molecule has 150 valence electrons. The van der Waals surface area contributed by atoms with Crippen molar-refractivity contribution < 1.29 is 4.79 Å². The fraction of sp³-hybridized carbons (Fsp3) is 0.261. The predicted octanol–water partition coefficient (Wildman–Crippen LogP) is 4.50. The minimum atomic E-state index is -0.177. The monoisotopic (exact) mass is 389 g/mol. The molecule has 3 aromatic rings. The molecule has 1 aromatic carbocycles. The molecule has 0 saturated heterocycles. The van der Waals surface area contributed by atoms with Gasteiger partial charge in [0.1, 0.15) is 0 Å². The summed E-state index contributed by atoms with van der Waals surface area (Å²) in [5.41, 5.74) is 5.41. The van der Waals surface area contributed by atoms with Gasteiger partial charge in [-0.15, -0.1) is 0 Å². The summed E-state index contributed by atoms with van der Waals surface area (Å²) in [5, 5.41) is 6.28. The number of hydrogen-bond acceptors (Lipinski definition) is 5. The maximum absolute atomic E-state index is 12.7. The highest BCUT2D eigenvalue weighted by Crippen LogP contribution is 2.23. The van der Waals surface area contributed by atoms with E-state index in [1.165, 1.54) is 0 Å². The van der Waals surface area contributed by atoms with Gasteiger partial charge in [-0.05, 0) is 68.3 Å². The Kier molecular flexibility index (Phi) is 6.79. The number of amides is 1. The first-order valence-corrected chi connectivity index (χ1v) is 9.85. The van der Waals surface area contributed by atoms with Gasteiger partial charge in [0.2, 0.25) is 0 Å². The Balaban J connectivity index is 1.68. The van der Waals surface area contributed by atoms with Crippen LogP contribution in [-0.4, -0.2) is 29.0 Å². The maximum atomic E-state index is 12.7. The highest BCUT2D eigenvalue weighted by atomic mass is 16.1. The van der Waals surface area contributed by atoms with E-state index in [2.05, 4.69) is 45.4 Å². The molecular weight excluding hydrogens is 362 g/mol. The second-order valence-corrected chi connectivity index (χ2v) is 6.80. The van der Waals surface area contributed by atoms with Crippen LogP contribution in [0.15, 0.2) is 61.2 Å². The lowest BCUT2D eigenvalue weighted by atomic mass is 10.1. The van der Waals surface area contributed by atoms with Gasteiger partial charge in [0.25, 0.3) is 5.91 Å². The van der Waals surface area contributed by atoms with E-state index >= 15 is 0 Å². The molecule has 0 radical (unpaired) electrons. The van der Waals surface area contributed by atoms with Crippen LogP contribution in [0.4, 0.5) is 17.1 Å². The number of benzene rings is 1. The topological polar surface area (TPSA) is 70.2 Å². The van der Waals surface area contributed by atoms with Crippen molar-refractivity contribution in [1.82, 2.24) is 9.97 Å². The molecule has 2 heterocycles. The number of nitrogens with one attached hydrogen (secondary N) is 2. The van der Waals surface area contributed by atoms with E-state index in [0.717, 1.165) is 41.3 Å². The third-order valence-electron chi connectivity index (χ3n) is 4.83. The van der Waals surface area contributed by atoms with Crippen LogP contribution in [0.3, 0.4) is 0 Å². The Labute approximate surface area is 172 Å². The van der Waals surface area contributed by atoms with E-state index in [-0.39, 0.29) is 5.91 Å². The first-order valence-electron chi connectivity index (χ1n) is 9.85. The van der Waals surface area contributed by atoms with E-state index in [0.29, 0.717) is 12.1 Å². The molecule has 2 aromatic heterocycles. The van der Waals surface area contributed by atoms with Crippen LogP contribution in [0.1, 0.15) is 35.3 Å². The number of pyridine rings is 2. The second-order valence-electron chi connectivity index (χ2n) is 6.80. The summed E-state index contributed by atoms with van der Waals surface area (Å²) in [6.07, 6.45) is 6.80. The predicted molar refractivity (Wildman–Crippen MR) is 118 cm³/mol. The molecule has 0 aliphatic heterocycles. The molecule has 0 fully saturated rings. The molecule has 0 aliphatic carbocycles. The first kappa shape index (κ1) is 20.3. The molecule has 6 heteroatoms. The number of hydrogen-bond donors (Lipinski definition) is 2. The molecular formula is C23H27N5O. The highest BCUT2D eigenvalue weighted by Gasteiger charge is 2.11. The van der Waals surface area contributed by atoms with Crippen molar-refractivity contribution in [3.05, 3.63) is 77.9 Å². The van der Waals surface area contributed by atoms with Crippen molar-refractivity contribution in [1.29, 1.82) is 0 Å². The number of rotatable bonds is 8. The van der Waals surface area contributed by atoms with Crippen LogP contribution in [0.2, 0.25) is 0 Å². The Morgan fingerprint density at radius 2 is 1.76 bits per heavy atom. The number of aromatic nitrogens is 2. The number of carbonyl (C=O) groups excluding carboxylic acids is 1. The molecule has 0 aliphatic rings. The summed E-state index contributed by atoms with van der Waals surface area (Å²) in [7, 11) is 0. The third kappa shape index (κ3) is 5.31. The second kappa shape index (κ2) is 9.68. The normalized spacial score (nSPS) is 10.4. The molecule has 0 unspecified atom stereocenters. The minimum Gasteiger partial charge on any atom is -0.380 e. The molecule has 3 rings (SSSR count). The minimum absolute atomic E-state index is 0.177. The van der Waals surface area contributed by atoms with Crippen LogP contribution >= 0.6 is 0 Å². The van der Waals surface area contributed by atoms with Gasteiger partial charge in [0.15, 0.2) is 0 Å². The highest BCUT2D eigenvalue weighted by molar-refractivity contribution is 6.05. The largest absolute Gasteiger partial charge is 0.380 e.